The predicted molar refractivity (Wildman–Crippen MR) is 109 cm³/mol. The average molecular weight is 386 g/mol. The molecule has 1 aliphatic heterocycles. The minimum absolute atomic E-state index is 0.00195. The smallest absolute Gasteiger partial charge is 0.205 e. The zero-order chi connectivity index (χ0) is 20.5. The minimum atomic E-state index is -0.513. The van der Waals surface area contributed by atoms with E-state index in [0.717, 1.165) is 11.1 Å². The molecule has 0 aromatic heterocycles. The molecule has 2 atom stereocenters. The maximum absolute atomic E-state index is 13.2. The number of ketones is 1. The molecule has 0 spiro atoms. The maximum atomic E-state index is 13.2. The molecule has 4 rings (SSSR count). The van der Waals surface area contributed by atoms with E-state index in [1.165, 1.54) is 5.56 Å². The lowest BCUT2D eigenvalue weighted by molar-refractivity contribution is -0.117. The van der Waals surface area contributed by atoms with Crippen molar-refractivity contribution in [3.05, 3.63) is 88.0 Å². The molecule has 0 unspecified atom stereocenters. The number of hydrogen-bond donors (Lipinski definition) is 1. The number of ether oxygens (including phenoxy) is 2. The number of nitriles is 1. The van der Waals surface area contributed by atoms with Gasteiger partial charge in [-0.15, -0.1) is 0 Å². The number of hydrogen-bond acceptors (Lipinski definition) is 5. The molecular weight excluding hydrogens is 364 g/mol. The molecule has 0 radical (unpaired) electrons. The molecule has 0 bridgehead atoms. The molecule has 146 valence electrons. The number of carbonyl (C=O) groups excluding carboxylic acids is 1. The first-order valence-electron chi connectivity index (χ1n) is 9.56. The van der Waals surface area contributed by atoms with Crippen LogP contribution in [0.3, 0.4) is 0 Å². The topological polar surface area (TPSA) is 85.3 Å². The summed E-state index contributed by atoms with van der Waals surface area (Å²) in [7, 11) is 1.60. The van der Waals surface area contributed by atoms with E-state index in [-0.39, 0.29) is 23.2 Å². The van der Waals surface area contributed by atoms with Gasteiger partial charge in [0.05, 0.1) is 13.0 Å². The lowest BCUT2D eigenvalue weighted by atomic mass is 9.73. The second-order valence-electron chi connectivity index (χ2n) is 7.47. The lowest BCUT2D eigenvalue weighted by Gasteiger charge is -2.34. The Morgan fingerprint density at radius 3 is 2.34 bits per heavy atom. The molecule has 5 heteroatoms. The third-order valence-corrected chi connectivity index (χ3v) is 5.66. The summed E-state index contributed by atoms with van der Waals surface area (Å²) in [5.41, 5.74) is 10.0. The van der Waals surface area contributed by atoms with Gasteiger partial charge in [0.2, 0.25) is 5.88 Å². The first-order chi connectivity index (χ1) is 14.0. The molecule has 1 heterocycles. The summed E-state index contributed by atoms with van der Waals surface area (Å²) in [5, 5.41) is 9.70. The molecular formula is C24H22N2O3. The summed E-state index contributed by atoms with van der Waals surface area (Å²) in [6.07, 6.45) is 0.965. The van der Waals surface area contributed by atoms with Gasteiger partial charge in [0.15, 0.2) is 5.78 Å². The van der Waals surface area contributed by atoms with Crippen molar-refractivity contribution in [1.82, 2.24) is 0 Å². The van der Waals surface area contributed by atoms with Crippen LogP contribution in [0.2, 0.25) is 0 Å². The van der Waals surface area contributed by atoms with Crippen LogP contribution in [0.5, 0.6) is 5.75 Å². The van der Waals surface area contributed by atoms with Crippen LogP contribution in [0, 0.1) is 18.3 Å². The Balaban J connectivity index is 1.75. The van der Waals surface area contributed by atoms with Crippen molar-refractivity contribution in [2.24, 2.45) is 5.73 Å². The standard InChI is InChI=1S/C24H22N2O3/c1-14-3-5-15(6-4-14)17-11-20(27)23-21(12-17)29-24(26)19(13-25)22(23)16-7-9-18(28-2)10-8-16/h3-10,17,22H,11-12,26H2,1-2H3/t17-,22+/m1/s1. The molecule has 1 aliphatic carbocycles. The van der Waals surface area contributed by atoms with E-state index in [4.69, 9.17) is 15.2 Å². The molecule has 0 saturated heterocycles. The number of nitrogens with zero attached hydrogens (tertiary/aromatic N) is 1. The third kappa shape index (κ3) is 3.38. The Morgan fingerprint density at radius 1 is 1.07 bits per heavy atom. The van der Waals surface area contributed by atoms with Gasteiger partial charge in [-0.05, 0) is 36.1 Å². The third-order valence-electron chi connectivity index (χ3n) is 5.66. The summed E-state index contributed by atoms with van der Waals surface area (Å²) < 4.78 is 11.0. The number of nitrogens with two attached hydrogens (primary N) is 1. The van der Waals surface area contributed by atoms with Crippen molar-refractivity contribution in [3.63, 3.8) is 0 Å². The molecule has 0 saturated carbocycles. The van der Waals surface area contributed by atoms with Gasteiger partial charge >= 0.3 is 0 Å². The molecule has 0 fully saturated rings. The van der Waals surface area contributed by atoms with Crippen LogP contribution in [-0.2, 0) is 9.53 Å². The van der Waals surface area contributed by atoms with Crippen molar-refractivity contribution in [1.29, 1.82) is 5.26 Å². The van der Waals surface area contributed by atoms with E-state index in [1.807, 2.05) is 43.3 Å². The lowest BCUT2D eigenvalue weighted by Crippen LogP contribution is -2.29. The van der Waals surface area contributed by atoms with Crippen molar-refractivity contribution in [2.75, 3.05) is 7.11 Å². The molecule has 29 heavy (non-hydrogen) atoms. The highest BCUT2D eigenvalue weighted by Gasteiger charge is 2.40. The number of benzene rings is 2. The van der Waals surface area contributed by atoms with E-state index < -0.39 is 5.92 Å². The molecule has 2 N–H and O–H groups in total. The molecule has 0 amide bonds. The zero-order valence-electron chi connectivity index (χ0n) is 16.4. The van der Waals surface area contributed by atoms with Gasteiger partial charge in [0.25, 0.3) is 0 Å². The maximum Gasteiger partial charge on any atom is 0.205 e. The van der Waals surface area contributed by atoms with E-state index in [2.05, 4.69) is 18.2 Å². The van der Waals surface area contributed by atoms with Crippen molar-refractivity contribution >= 4 is 5.78 Å². The van der Waals surface area contributed by atoms with Gasteiger partial charge in [0, 0.05) is 18.4 Å². The Kier molecular flexibility index (Phi) is 4.85. The second kappa shape index (κ2) is 7.48. The Labute approximate surface area is 170 Å². The number of carbonyl (C=O) groups is 1. The number of Topliss-reactive ketones (excluding diaryl/α,β-unsaturated/α-hetero) is 1. The number of allylic oxidation sites excluding steroid dienone is 3. The quantitative estimate of drug-likeness (QED) is 0.854. The molecule has 2 aromatic carbocycles. The van der Waals surface area contributed by atoms with E-state index in [0.29, 0.717) is 29.9 Å². The number of methoxy groups -OCH3 is 1. The minimum Gasteiger partial charge on any atom is -0.497 e. The highest BCUT2D eigenvalue weighted by molar-refractivity contribution is 6.00. The molecule has 2 aliphatic rings. The van der Waals surface area contributed by atoms with Crippen molar-refractivity contribution in [2.45, 2.75) is 31.6 Å². The fourth-order valence-electron chi connectivity index (χ4n) is 4.11. The Bertz CT molecular complexity index is 1060. The molecule has 5 nitrogen and oxygen atoms in total. The monoisotopic (exact) mass is 386 g/mol. The Morgan fingerprint density at radius 2 is 1.72 bits per heavy atom. The first-order valence-corrected chi connectivity index (χ1v) is 9.56. The van der Waals surface area contributed by atoms with Crippen molar-refractivity contribution < 1.29 is 14.3 Å². The highest BCUT2D eigenvalue weighted by atomic mass is 16.5. The number of rotatable bonds is 3. The largest absolute Gasteiger partial charge is 0.497 e. The molecule has 2 aromatic rings. The average Bonchev–Trinajstić information content (AvgIpc) is 2.73. The van der Waals surface area contributed by atoms with Crippen LogP contribution in [0.4, 0.5) is 0 Å². The van der Waals surface area contributed by atoms with Gasteiger partial charge in [-0.3, -0.25) is 4.79 Å². The fourth-order valence-corrected chi connectivity index (χ4v) is 4.11. The van der Waals surface area contributed by atoms with Crippen LogP contribution in [0.25, 0.3) is 0 Å². The highest BCUT2D eigenvalue weighted by Crippen LogP contribution is 2.46. The summed E-state index contributed by atoms with van der Waals surface area (Å²) >= 11 is 0. The Hall–Kier alpha value is -3.52. The van der Waals surface area contributed by atoms with E-state index in [9.17, 15) is 10.1 Å². The van der Waals surface area contributed by atoms with Gasteiger partial charge < -0.3 is 15.2 Å². The van der Waals surface area contributed by atoms with Crippen LogP contribution in [0.15, 0.2) is 71.3 Å². The van der Waals surface area contributed by atoms with Gasteiger partial charge in [-0.2, -0.15) is 5.26 Å². The normalized spacial score (nSPS) is 21.3. The SMILES string of the molecule is COc1ccc([C@H]2C(C#N)=C(N)OC3=C2C(=O)C[C@@H](c2ccc(C)cc2)C3)cc1. The van der Waals surface area contributed by atoms with Crippen LogP contribution in [-0.4, -0.2) is 12.9 Å². The summed E-state index contributed by atoms with van der Waals surface area (Å²) in [5.74, 6) is 0.877. The van der Waals surface area contributed by atoms with E-state index in [1.54, 1.807) is 7.11 Å². The van der Waals surface area contributed by atoms with E-state index >= 15 is 0 Å². The fraction of sp³-hybridized carbons (Fsp3) is 0.250. The van der Waals surface area contributed by atoms with Gasteiger partial charge in [-0.25, -0.2) is 0 Å². The predicted octanol–water partition coefficient (Wildman–Crippen LogP) is 4.21. The van der Waals surface area contributed by atoms with Crippen LogP contribution >= 0.6 is 0 Å². The van der Waals surface area contributed by atoms with Gasteiger partial charge in [0.1, 0.15) is 23.2 Å². The number of aryl methyl sites for hydroxylation is 1. The summed E-state index contributed by atoms with van der Waals surface area (Å²) in [6.45, 7) is 2.04. The van der Waals surface area contributed by atoms with Crippen molar-refractivity contribution in [3.8, 4) is 11.8 Å². The zero-order valence-corrected chi connectivity index (χ0v) is 16.4. The van der Waals surface area contributed by atoms with Crippen LogP contribution < -0.4 is 10.5 Å². The summed E-state index contributed by atoms with van der Waals surface area (Å²) in [4.78, 5) is 13.2. The second-order valence-corrected chi connectivity index (χ2v) is 7.47. The van der Waals surface area contributed by atoms with Gasteiger partial charge in [-0.1, -0.05) is 42.0 Å². The first kappa shape index (κ1) is 18.8. The summed E-state index contributed by atoms with van der Waals surface area (Å²) in [6, 6.07) is 17.7. The van der Waals surface area contributed by atoms with Crippen LogP contribution in [0.1, 0.15) is 41.4 Å².